The summed E-state index contributed by atoms with van der Waals surface area (Å²) < 4.78 is 14.9. The summed E-state index contributed by atoms with van der Waals surface area (Å²) in [6.45, 7) is 16.4. The number of rotatable bonds is 14. The van der Waals surface area contributed by atoms with E-state index in [1.165, 1.54) is 22.8 Å². The smallest absolute Gasteiger partial charge is 0.146 e. The molecule has 0 saturated heterocycles. The van der Waals surface area contributed by atoms with Gasteiger partial charge in [-0.3, -0.25) is 0 Å². The third-order valence-electron chi connectivity index (χ3n) is 6.20. The van der Waals surface area contributed by atoms with Crippen LogP contribution < -0.4 is 10.6 Å². The van der Waals surface area contributed by atoms with Gasteiger partial charge in [0.1, 0.15) is 5.83 Å². The molecule has 37 heavy (non-hydrogen) atoms. The number of allylic oxidation sites excluding steroid dienone is 8. The maximum absolute atomic E-state index is 14.9. The minimum absolute atomic E-state index is 0.123. The lowest BCUT2D eigenvalue weighted by Gasteiger charge is -2.24. The summed E-state index contributed by atoms with van der Waals surface area (Å²) in [5.41, 5.74) is 6.05. The molecule has 0 aliphatic heterocycles. The van der Waals surface area contributed by atoms with Crippen LogP contribution in [0.15, 0.2) is 127 Å². The Balaban J connectivity index is 1.85. The van der Waals surface area contributed by atoms with E-state index in [1.54, 1.807) is 12.2 Å². The van der Waals surface area contributed by atoms with Gasteiger partial charge in [-0.05, 0) is 74.2 Å². The van der Waals surface area contributed by atoms with Crippen LogP contribution >= 0.6 is 0 Å². The zero-order valence-corrected chi connectivity index (χ0v) is 22.1. The molecule has 0 spiro atoms. The summed E-state index contributed by atoms with van der Waals surface area (Å²) in [4.78, 5) is 0. The van der Waals surface area contributed by atoms with Crippen LogP contribution in [0.1, 0.15) is 37.8 Å². The topological polar surface area (TPSA) is 24.1 Å². The Morgan fingerprint density at radius 1 is 1.22 bits per heavy atom. The molecule has 0 radical (unpaired) electrons. The molecule has 0 fully saturated rings. The summed E-state index contributed by atoms with van der Waals surface area (Å²) in [6, 6.07) is 8.30. The first-order valence-corrected chi connectivity index (χ1v) is 12.6. The predicted molar refractivity (Wildman–Crippen MR) is 159 cm³/mol. The largest absolute Gasteiger partial charge is 0.391 e. The van der Waals surface area contributed by atoms with Gasteiger partial charge in [0.25, 0.3) is 0 Å². The standard InChI is InChI=1S/C34H39FN2/c1-7-10-18-32(26(4)5)34(9-3)37-27(6)33(35)25-28(8-2)15-13-14-22-36-23-21-29-19-20-30-16-11-12-17-31(30)24-29/h1,8-18,22,24-25,32,34,36-37H,3-4,6,19-21,23H2,2,5H3/b15-13-,18-10+,22-14+,28-8-,33-25-. The Kier molecular flexibility index (Phi) is 12.5. The van der Waals surface area contributed by atoms with Crippen molar-refractivity contribution >= 4 is 6.08 Å². The van der Waals surface area contributed by atoms with Crippen molar-refractivity contribution in [3.05, 3.63) is 138 Å². The molecule has 0 bridgehead atoms. The average Bonchev–Trinajstić information content (AvgIpc) is 2.90. The highest BCUT2D eigenvalue weighted by Gasteiger charge is 2.18. The van der Waals surface area contributed by atoms with E-state index in [0.29, 0.717) is 0 Å². The maximum atomic E-state index is 14.9. The maximum Gasteiger partial charge on any atom is 0.146 e. The lowest BCUT2D eigenvalue weighted by atomic mass is 9.91. The predicted octanol–water partition coefficient (Wildman–Crippen LogP) is 7.91. The third kappa shape index (κ3) is 9.86. The van der Waals surface area contributed by atoms with E-state index in [2.05, 4.69) is 66.6 Å². The molecule has 2 rings (SSSR count). The molecule has 2 unspecified atom stereocenters. The minimum Gasteiger partial charge on any atom is -0.391 e. The second kappa shape index (κ2) is 15.9. The minimum atomic E-state index is -0.449. The Morgan fingerprint density at radius 2 is 2.00 bits per heavy atom. The van der Waals surface area contributed by atoms with Gasteiger partial charge in [0, 0.05) is 12.5 Å². The van der Waals surface area contributed by atoms with Gasteiger partial charge in [0.15, 0.2) is 0 Å². The van der Waals surface area contributed by atoms with Gasteiger partial charge in [0.2, 0.25) is 0 Å². The fourth-order valence-corrected chi connectivity index (χ4v) is 4.07. The first-order valence-electron chi connectivity index (χ1n) is 12.6. The van der Waals surface area contributed by atoms with Gasteiger partial charge < -0.3 is 10.6 Å². The molecule has 2 atom stereocenters. The molecular formula is C34H39FN2. The van der Waals surface area contributed by atoms with E-state index in [4.69, 9.17) is 6.42 Å². The van der Waals surface area contributed by atoms with Gasteiger partial charge in [-0.15, -0.1) is 13.0 Å². The van der Waals surface area contributed by atoms with Crippen LogP contribution in [0.4, 0.5) is 4.39 Å². The number of hydrogen-bond acceptors (Lipinski definition) is 2. The highest BCUT2D eigenvalue weighted by Crippen LogP contribution is 2.25. The number of halogens is 1. The SMILES string of the molecule is C#C/C=C/C(C(=C)C)C(C=C)NC(=C)/C(F)=C/C(/C=C\C=C\NCCC1=Cc2ccccc2CC1)=C\C. The molecule has 0 heterocycles. The molecule has 2 nitrogen and oxygen atoms in total. The van der Waals surface area contributed by atoms with Crippen molar-refractivity contribution in [2.75, 3.05) is 6.54 Å². The number of aryl methyl sites for hydroxylation is 1. The van der Waals surface area contributed by atoms with Gasteiger partial charge in [-0.25, -0.2) is 4.39 Å². The van der Waals surface area contributed by atoms with Gasteiger partial charge in [0.05, 0.1) is 11.7 Å². The highest BCUT2D eigenvalue weighted by molar-refractivity contribution is 5.59. The van der Waals surface area contributed by atoms with E-state index in [0.717, 1.165) is 37.0 Å². The molecule has 192 valence electrons. The number of nitrogens with one attached hydrogen (secondary N) is 2. The number of hydrogen-bond donors (Lipinski definition) is 2. The van der Waals surface area contributed by atoms with Crippen LogP contribution in [0.5, 0.6) is 0 Å². The van der Waals surface area contributed by atoms with Crippen LogP contribution in [0, 0.1) is 18.3 Å². The first kappa shape index (κ1) is 29.2. The zero-order chi connectivity index (χ0) is 27.0. The summed E-state index contributed by atoms with van der Waals surface area (Å²) in [7, 11) is 0. The van der Waals surface area contributed by atoms with Crippen molar-refractivity contribution in [2.45, 2.75) is 39.2 Å². The van der Waals surface area contributed by atoms with Crippen LogP contribution in [0.25, 0.3) is 6.08 Å². The Morgan fingerprint density at radius 3 is 2.70 bits per heavy atom. The molecule has 1 aromatic rings. The fraction of sp³-hybridized carbons (Fsp3) is 0.235. The van der Waals surface area contributed by atoms with Crippen molar-refractivity contribution in [3.63, 3.8) is 0 Å². The number of benzene rings is 1. The van der Waals surface area contributed by atoms with E-state index < -0.39 is 5.83 Å². The Labute approximate surface area is 223 Å². The van der Waals surface area contributed by atoms with Gasteiger partial charge >= 0.3 is 0 Å². The summed E-state index contributed by atoms with van der Waals surface area (Å²) in [5, 5.41) is 6.42. The lowest BCUT2D eigenvalue weighted by molar-refractivity contribution is 0.541. The zero-order valence-electron chi connectivity index (χ0n) is 22.1. The monoisotopic (exact) mass is 494 g/mol. The van der Waals surface area contributed by atoms with Crippen LogP contribution in [-0.4, -0.2) is 12.6 Å². The van der Waals surface area contributed by atoms with E-state index in [-0.39, 0.29) is 17.7 Å². The Bertz CT molecular complexity index is 1180. The van der Waals surface area contributed by atoms with Crippen LogP contribution in [0.2, 0.25) is 0 Å². The van der Waals surface area contributed by atoms with Crippen molar-refractivity contribution in [2.24, 2.45) is 5.92 Å². The van der Waals surface area contributed by atoms with E-state index in [9.17, 15) is 4.39 Å². The molecule has 0 aromatic heterocycles. The van der Waals surface area contributed by atoms with E-state index in [1.807, 2.05) is 50.4 Å². The average molecular weight is 495 g/mol. The molecule has 1 aromatic carbocycles. The van der Waals surface area contributed by atoms with Gasteiger partial charge in [-0.1, -0.05) is 90.9 Å². The van der Waals surface area contributed by atoms with Crippen LogP contribution in [-0.2, 0) is 6.42 Å². The molecule has 1 aliphatic carbocycles. The number of terminal acetylenes is 1. The quantitative estimate of drug-likeness (QED) is 0.119. The van der Waals surface area contributed by atoms with Gasteiger partial charge in [-0.2, -0.15) is 0 Å². The Hall–Kier alpha value is -4.03. The van der Waals surface area contributed by atoms with Crippen molar-refractivity contribution in [1.82, 2.24) is 10.6 Å². The second-order valence-corrected chi connectivity index (χ2v) is 8.99. The highest BCUT2D eigenvalue weighted by atomic mass is 19.1. The molecule has 0 saturated carbocycles. The van der Waals surface area contributed by atoms with Crippen molar-refractivity contribution in [3.8, 4) is 12.3 Å². The summed E-state index contributed by atoms with van der Waals surface area (Å²) in [5.74, 6) is 1.90. The third-order valence-corrected chi connectivity index (χ3v) is 6.20. The molecule has 2 N–H and O–H groups in total. The first-order chi connectivity index (χ1) is 17.9. The van der Waals surface area contributed by atoms with Crippen molar-refractivity contribution in [1.29, 1.82) is 0 Å². The summed E-state index contributed by atoms with van der Waals surface area (Å²) in [6.07, 6.45) is 26.9. The molecule has 3 heteroatoms. The number of fused-ring (bicyclic) bond motifs is 1. The van der Waals surface area contributed by atoms with Crippen molar-refractivity contribution < 1.29 is 4.39 Å². The fourth-order valence-electron chi connectivity index (χ4n) is 4.07. The molecular weight excluding hydrogens is 455 g/mol. The normalized spacial score (nSPS) is 15.7. The lowest BCUT2D eigenvalue weighted by Crippen LogP contribution is -2.33. The molecule has 1 aliphatic rings. The van der Waals surface area contributed by atoms with Crippen LogP contribution in [0.3, 0.4) is 0 Å². The molecule has 0 amide bonds. The second-order valence-electron chi connectivity index (χ2n) is 8.99. The summed E-state index contributed by atoms with van der Waals surface area (Å²) >= 11 is 0. The van der Waals surface area contributed by atoms with E-state index >= 15 is 0 Å².